The number of hydrogen-bond acceptors (Lipinski definition) is 4. The van der Waals surface area contributed by atoms with Crippen molar-refractivity contribution >= 4 is 6.09 Å². The van der Waals surface area contributed by atoms with Gasteiger partial charge in [-0.2, -0.15) is 0 Å². The Morgan fingerprint density at radius 3 is 2.60 bits per heavy atom. The van der Waals surface area contributed by atoms with Crippen LogP contribution < -0.4 is 10.6 Å². The van der Waals surface area contributed by atoms with Gasteiger partial charge in [-0.15, -0.1) is 0 Å². The second kappa shape index (κ2) is 7.24. The molecule has 0 spiro atoms. The molecule has 112 valence electrons. The van der Waals surface area contributed by atoms with Crippen LogP contribution in [-0.2, 0) is 4.74 Å². The minimum atomic E-state index is -0.474. The van der Waals surface area contributed by atoms with E-state index in [4.69, 9.17) is 4.74 Å². The number of nitrogens with zero attached hydrogens (tertiary/aromatic N) is 1. The van der Waals surface area contributed by atoms with Gasteiger partial charge in [0.05, 0.1) is 5.69 Å². The van der Waals surface area contributed by atoms with Gasteiger partial charge >= 0.3 is 6.09 Å². The lowest BCUT2D eigenvalue weighted by molar-refractivity contribution is 0.0507. The number of carbonyl (C=O) groups is 1. The first kappa shape index (κ1) is 16.4. The second-order valence-electron chi connectivity index (χ2n) is 5.93. The second-order valence-corrected chi connectivity index (χ2v) is 5.93. The molecule has 0 aromatic carbocycles. The lowest BCUT2D eigenvalue weighted by Gasteiger charge is -2.23. The molecule has 0 bridgehead atoms. The average molecular weight is 279 g/mol. The quantitative estimate of drug-likeness (QED) is 0.869. The van der Waals surface area contributed by atoms with E-state index in [1.54, 1.807) is 6.20 Å². The summed E-state index contributed by atoms with van der Waals surface area (Å²) in [6, 6.07) is 5.95. The summed E-state index contributed by atoms with van der Waals surface area (Å²) in [6.07, 6.45) is 1.38. The van der Waals surface area contributed by atoms with E-state index in [2.05, 4.69) is 15.6 Å². The molecule has 0 saturated carbocycles. The number of carbonyl (C=O) groups excluding carboxylic acids is 1. The average Bonchev–Trinajstić information content (AvgIpc) is 2.34. The van der Waals surface area contributed by atoms with E-state index >= 15 is 0 Å². The van der Waals surface area contributed by atoms with Gasteiger partial charge in [0.25, 0.3) is 0 Å². The zero-order valence-electron chi connectivity index (χ0n) is 12.9. The maximum Gasteiger partial charge on any atom is 0.407 e. The minimum absolute atomic E-state index is 0.0176. The van der Waals surface area contributed by atoms with Crippen molar-refractivity contribution in [3.05, 3.63) is 30.1 Å². The highest BCUT2D eigenvalue weighted by Gasteiger charge is 2.17. The van der Waals surface area contributed by atoms with Gasteiger partial charge in [0.1, 0.15) is 5.60 Å². The molecule has 5 heteroatoms. The molecule has 0 aliphatic carbocycles. The summed E-state index contributed by atoms with van der Waals surface area (Å²) in [7, 11) is 0. The summed E-state index contributed by atoms with van der Waals surface area (Å²) >= 11 is 0. The van der Waals surface area contributed by atoms with Crippen LogP contribution in [0.25, 0.3) is 0 Å². The van der Waals surface area contributed by atoms with Crippen LogP contribution in [0, 0.1) is 0 Å². The highest BCUT2D eigenvalue weighted by molar-refractivity contribution is 5.68. The van der Waals surface area contributed by atoms with Gasteiger partial charge in [-0.25, -0.2) is 4.79 Å². The third-order valence-corrected chi connectivity index (χ3v) is 2.62. The smallest absolute Gasteiger partial charge is 0.407 e. The van der Waals surface area contributed by atoms with E-state index in [1.165, 1.54) is 0 Å². The first-order valence-corrected chi connectivity index (χ1v) is 6.92. The topological polar surface area (TPSA) is 63.2 Å². The van der Waals surface area contributed by atoms with E-state index in [-0.39, 0.29) is 12.1 Å². The normalized spacial score (nSPS) is 14.4. The standard InChI is InChI=1S/C15H25N3O2/c1-11(18-14(19)20-15(3,4)5)10-17-12(2)13-8-6-7-9-16-13/h6-9,11-12,17H,10H2,1-5H3,(H,18,19). The monoisotopic (exact) mass is 279 g/mol. The van der Waals surface area contributed by atoms with E-state index in [9.17, 15) is 4.79 Å². The fraction of sp³-hybridized carbons (Fsp3) is 0.600. The van der Waals surface area contributed by atoms with Crippen LogP contribution in [0.4, 0.5) is 4.79 Å². The summed E-state index contributed by atoms with van der Waals surface area (Å²) < 4.78 is 5.21. The summed E-state index contributed by atoms with van der Waals surface area (Å²) in [6.45, 7) is 10.2. The Morgan fingerprint density at radius 2 is 2.05 bits per heavy atom. The van der Waals surface area contributed by atoms with E-state index in [1.807, 2.05) is 52.8 Å². The predicted octanol–water partition coefficient (Wildman–Crippen LogP) is 2.65. The summed E-state index contributed by atoms with van der Waals surface area (Å²) in [5, 5.41) is 6.13. The number of hydrogen-bond donors (Lipinski definition) is 2. The molecule has 2 N–H and O–H groups in total. The van der Waals surface area contributed by atoms with Crippen LogP contribution >= 0.6 is 0 Å². The van der Waals surface area contributed by atoms with E-state index < -0.39 is 11.7 Å². The number of pyridine rings is 1. The van der Waals surface area contributed by atoms with Gasteiger partial charge in [-0.3, -0.25) is 4.98 Å². The zero-order valence-corrected chi connectivity index (χ0v) is 12.9. The first-order chi connectivity index (χ1) is 9.28. The summed E-state index contributed by atoms with van der Waals surface area (Å²) in [4.78, 5) is 15.9. The van der Waals surface area contributed by atoms with Crippen molar-refractivity contribution in [2.75, 3.05) is 6.54 Å². The third kappa shape index (κ3) is 6.52. The van der Waals surface area contributed by atoms with Gasteiger partial charge in [0.2, 0.25) is 0 Å². The molecule has 2 atom stereocenters. The van der Waals surface area contributed by atoms with Crippen molar-refractivity contribution in [3.63, 3.8) is 0 Å². The Bertz CT molecular complexity index is 415. The molecule has 2 unspecified atom stereocenters. The van der Waals surface area contributed by atoms with Crippen molar-refractivity contribution in [3.8, 4) is 0 Å². The Hall–Kier alpha value is -1.62. The van der Waals surface area contributed by atoms with Crippen LogP contribution in [0.5, 0.6) is 0 Å². The molecule has 0 fully saturated rings. The lowest BCUT2D eigenvalue weighted by Crippen LogP contribution is -2.43. The Kier molecular flexibility index (Phi) is 5.95. The van der Waals surface area contributed by atoms with Crippen LogP contribution in [-0.4, -0.2) is 29.3 Å². The largest absolute Gasteiger partial charge is 0.444 e. The van der Waals surface area contributed by atoms with Crippen molar-refractivity contribution < 1.29 is 9.53 Å². The number of ether oxygens (including phenoxy) is 1. The molecule has 1 amide bonds. The molecule has 20 heavy (non-hydrogen) atoms. The van der Waals surface area contributed by atoms with Gasteiger partial charge < -0.3 is 15.4 Å². The molecule has 1 rings (SSSR count). The maximum absolute atomic E-state index is 11.6. The van der Waals surface area contributed by atoms with Gasteiger partial charge in [0, 0.05) is 24.8 Å². The molecule has 5 nitrogen and oxygen atoms in total. The van der Waals surface area contributed by atoms with Crippen molar-refractivity contribution in [1.29, 1.82) is 0 Å². The minimum Gasteiger partial charge on any atom is -0.444 e. The molecular weight excluding hydrogens is 254 g/mol. The number of nitrogens with one attached hydrogen (secondary N) is 2. The number of rotatable bonds is 5. The molecule has 0 saturated heterocycles. The molecule has 1 heterocycles. The molecule has 0 aliphatic rings. The molecule has 1 aromatic heterocycles. The predicted molar refractivity (Wildman–Crippen MR) is 79.5 cm³/mol. The third-order valence-electron chi connectivity index (χ3n) is 2.62. The number of alkyl carbamates (subject to hydrolysis) is 1. The highest BCUT2D eigenvalue weighted by Crippen LogP contribution is 2.08. The SMILES string of the molecule is CC(CNC(C)c1ccccn1)NC(=O)OC(C)(C)C. The molecule has 0 radical (unpaired) electrons. The molecular formula is C15H25N3O2. The highest BCUT2D eigenvalue weighted by atomic mass is 16.6. The summed E-state index contributed by atoms with van der Waals surface area (Å²) in [5.41, 5.74) is 0.510. The van der Waals surface area contributed by atoms with Gasteiger partial charge in [0.15, 0.2) is 0 Å². The van der Waals surface area contributed by atoms with Crippen molar-refractivity contribution in [2.24, 2.45) is 0 Å². The maximum atomic E-state index is 11.6. The fourth-order valence-electron chi connectivity index (χ4n) is 1.65. The first-order valence-electron chi connectivity index (χ1n) is 6.92. The fourth-order valence-corrected chi connectivity index (χ4v) is 1.65. The van der Waals surface area contributed by atoms with Crippen LogP contribution in [0.3, 0.4) is 0 Å². The van der Waals surface area contributed by atoms with Crippen molar-refractivity contribution in [1.82, 2.24) is 15.6 Å². The van der Waals surface area contributed by atoms with E-state index in [0.29, 0.717) is 6.54 Å². The molecule has 0 aliphatic heterocycles. The number of amides is 1. The van der Waals surface area contributed by atoms with Gasteiger partial charge in [-0.05, 0) is 46.8 Å². The van der Waals surface area contributed by atoms with Crippen molar-refractivity contribution in [2.45, 2.75) is 52.3 Å². The Balaban J connectivity index is 2.33. The van der Waals surface area contributed by atoms with Gasteiger partial charge in [-0.1, -0.05) is 6.07 Å². The lowest BCUT2D eigenvalue weighted by atomic mass is 10.2. The van der Waals surface area contributed by atoms with Crippen LogP contribution in [0.1, 0.15) is 46.4 Å². The number of aromatic nitrogens is 1. The zero-order chi connectivity index (χ0) is 15.2. The van der Waals surface area contributed by atoms with Crippen LogP contribution in [0.15, 0.2) is 24.4 Å². The van der Waals surface area contributed by atoms with E-state index in [0.717, 1.165) is 5.69 Å². The Morgan fingerprint density at radius 1 is 1.35 bits per heavy atom. The van der Waals surface area contributed by atoms with Crippen LogP contribution in [0.2, 0.25) is 0 Å². The molecule has 1 aromatic rings. The Labute approximate surface area is 121 Å². The summed E-state index contributed by atoms with van der Waals surface area (Å²) in [5.74, 6) is 0.